The second kappa shape index (κ2) is 7.88. The van der Waals surface area contributed by atoms with Gasteiger partial charge in [0.25, 0.3) is 0 Å². The van der Waals surface area contributed by atoms with E-state index in [4.69, 9.17) is 16.1 Å². The van der Waals surface area contributed by atoms with Gasteiger partial charge < -0.3 is 9.42 Å². The average molecular weight is 402 g/mol. The number of hydrogen-bond donors (Lipinski definition) is 0. The van der Waals surface area contributed by atoms with Gasteiger partial charge in [-0.05, 0) is 57.2 Å². The van der Waals surface area contributed by atoms with Crippen LogP contribution in [0.1, 0.15) is 48.3 Å². The standard InChI is InChI=1S/C22H28ClN3O2/c1-16-20(17(2)28-24-16)14-26-13-11-22(26)10-3-12-25(15-22)21(27)9-6-18-4-7-19(23)8-5-18/h4-5,7-8H,3,6,9-15H2,1-2H3/t22-/m1/s1. The summed E-state index contributed by atoms with van der Waals surface area (Å²) in [4.78, 5) is 17.5. The highest BCUT2D eigenvalue weighted by molar-refractivity contribution is 6.30. The maximum absolute atomic E-state index is 12.9. The topological polar surface area (TPSA) is 49.6 Å². The maximum atomic E-state index is 12.9. The first-order valence-electron chi connectivity index (χ1n) is 10.2. The van der Waals surface area contributed by atoms with Gasteiger partial charge in [0.2, 0.25) is 5.91 Å². The molecule has 1 spiro atoms. The summed E-state index contributed by atoms with van der Waals surface area (Å²) >= 11 is 5.94. The molecule has 28 heavy (non-hydrogen) atoms. The largest absolute Gasteiger partial charge is 0.361 e. The Balaban J connectivity index is 1.37. The fourth-order valence-electron chi connectivity index (χ4n) is 4.60. The highest BCUT2D eigenvalue weighted by atomic mass is 35.5. The van der Waals surface area contributed by atoms with Gasteiger partial charge in [-0.3, -0.25) is 9.69 Å². The summed E-state index contributed by atoms with van der Waals surface area (Å²) in [6.45, 7) is 7.65. The lowest BCUT2D eigenvalue weighted by atomic mass is 9.77. The van der Waals surface area contributed by atoms with Crippen molar-refractivity contribution in [2.24, 2.45) is 0 Å². The highest BCUT2D eigenvalue weighted by Gasteiger charge is 2.48. The molecule has 3 heterocycles. The van der Waals surface area contributed by atoms with E-state index in [-0.39, 0.29) is 11.4 Å². The Labute approximate surface area is 171 Å². The molecule has 0 saturated carbocycles. The minimum atomic E-state index is 0.129. The Morgan fingerprint density at radius 3 is 2.64 bits per heavy atom. The first kappa shape index (κ1) is 19.5. The number of nitrogens with zero attached hydrogens (tertiary/aromatic N) is 3. The molecule has 0 bridgehead atoms. The lowest BCUT2D eigenvalue weighted by molar-refractivity contribution is -0.140. The van der Waals surface area contributed by atoms with Gasteiger partial charge in [0.05, 0.1) is 5.69 Å². The Morgan fingerprint density at radius 2 is 2.00 bits per heavy atom. The summed E-state index contributed by atoms with van der Waals surface area (Å²) in [5.41, 5.74) is 3.47. The number of carbonyl (C=O) groups excluding carboxylic acids is 1. The van der Waals surface area contributed by atoms with E-state index in [1.165, 1.54) is 5.56 Å². The molecular formula is C22H28ClN3O2. The Bertz CT molecular complexity index is 828. The molecule has 1 atom stereocenters. The van der Waals surface area contributed by atoms with E-state index < -0.39 is 0 Å². The average Bonchev–Trinajstić information content (AvgIpc) is 3.02. The van der Waals surface area contributed by atoms with Crippen molar-refractivity contribution in [3.63, 3.8) is 0 Å². The third-order valence-electron chi connectivity index (χ3n) is 6.50. The van der Waals surface area contributed by atoms with Crippen LogP contribution in [0, 0.1) is 13.8 Å². The zero-order chi connectivity index (χ0) is 19.7. The summed E-state index contributed by atoms with van der Waals surface area (Å²) in [5, 5.41) is 4.82. The molecule has 0 unspecified atom stereocenters. The number of hydrogen-bond acceptors (Lipinski definition) is 4. The molecule has 2 aromatic rings. The molecule has 4 rings (SSSR count). The number of likely N-dealkylation sites (tertiary alicyclic amines) is 2. The number of aromatic nitrogens is 1. The van der Waals surface area contributed by atoms with Gasteiger partial charge in [-0.25, -0.2) is 0 Å². The molecule has 1 aromatic heterocycles. The summed E-state index contributed by atoms with van der Waals surface area (Å²) in [6.07, 6.45) is 4.73. The van der Waals surface area contributed by atoms with E-state index in [9.17, 15) is 4.79 Å². The van der Waals surface area contributed by atoms with Crippen LogP contribution in [0.4, 0.5) is 0 Å². The van der Waals surface area contributed by atoms with Crippen molar-refractivity contribution in [1.29, 1.82) is 0 Å². The quantitative estimate of drug-likeness (QED) is 0.755. The summed E-state index contributed by atoms with van der Waals surface area (Å²) < 4.78 is 5.33. The van der Waals surface area contributed by atoms with Crippen LogP contribution in [0.2, 0.25) is 5.02 Å². The van der Waals surface area contributed by atoms with Gasteiger partial charge in [0.1, 0.15) is 5.76 Å². The molecule has 5 nitrogen and oxygen atoms in total. The van der Waals surface area contributed by atoms with Gasteiger partial charge in [-0.2, -0.15) is 0 Å². The fraction of sp³-hybridized carbons (Fsp3) is 0.545. The Hall–Kier alpha value is -1.85. The van der Waals surface area contributed by atoms with Gasteiger partial charge in [0, 0.05) is 48.7 Å². The van der Waals surface area contributed by atoms with E-state index >= 15 is 0 Å². The smallest absolute Gasteiger partial charge is 0.222 e. The molecule has 150 valence electrons. The van der Waals surface area contributed by atoms with Crippen LogP contribution < -0.4 is 0 Å². The zero-order valence-electron chi connectivity index (χ0n) is 16.7. The van der Waals surface area contributed by atoms with Crippen molar-refractivity contribution in [2.75, 3.05) is 19.6 Å². The molecule has 2 aliphatic heterocycles. The minimum Gasteiger partial charge on any atom is -0.361 e. The lowest BCUT2D eigenvalue weighted by Gasteiger charge is -2.57. The van der Waals surface area contributed by atoms with Crippen molar-refractivity contribution >= 4 is 17.5 Å². The molecule has 0 aliphatic carbocycles. The van der Waals surface area contributed by atoms with Crippen LogP contribution in [0.5, 0.6) is 0 Å². The molecule has 2 saturated heterocycles. The minimum absolute atomic E-state index is 0.129. The van der Waals surface area contributed by atoms with Crippen LogP contribution in [-0.4, -0.2) is 46.0 Å². The van der Waals surface area contributed by atoms with E-state index in [1.807, 2.05) is 38.1 Å². The predicted molar refractivity (Wildman–Crippen MR) is 109 cm³/mol. The van der Waals surface area contributed by atoms with Crippen LogP contribution >= 0.6 is 11.6 Å². The van der Waals surface area contributed by atoms with Gasteiger partial charge in [-0.15, -0.1) is 0 Å². The molecule has 1 amide bonds. The van der Waals surface area contributed by atoms with Crippen molar-refractivity contribution in [3.8, 4) is 0 Å². The van der Waals surface area contributed by atoms with Gasteiger partial charge in [-0.1, -0.05) is 28.9 Å². The first-order valence-corrected chi connectivity index (χ1v) is 10.5. The molecule has 1 aromatic carbocycles. The first-order chi connectivity index (χ1) is 13.5. The molecule has 0 N–H and O–H groups in total. The third-order valence-corrected chi connectivity index (χ3v) is 6.75. The highest BCUT2D eigenvalue weighted by Crippen LogP contribution is 2.40. The van der Waals surface area contributed by atoms with Gasteiger partial charge in [0.15, 0.2) is 0 Å². The number of benzene rings is 1. The molecular weight excluding hydrogens is 374 g/mol. The number of amides is 1. The van der Waals surface area contributed by atoms with E-state index in [2.05, 4.69) is 15.0 Å². The summed E-state index contributed by atoms with van der Waals surface area (Å²) in [5.74, 6) is 1.17. The monoisotopic (exact) mass is 401 g/mol. The molecule has 6 heteroatoms. The second-order valence-electron chi connectivity index (χ2n) is 8.24. The van der Waals surface area contributed by atoms with Crippen molar-refractivity contribution in [2.45, 2.75) is 58.0 Å². The number of aryl methyl sites for hydroxylation is 3. The maximum Gasteiger partial charge on any atom is 0.222 e. The van der Waals surface area contributed by atoms with Crippen molar-refractivity contribution < 1.29 is 9.32 Å². The zero-order valence-corrected chi connectivity index (χ0v) is 17.5. The van der Waals surface area contributed by atoms with E-state index in [1.54, 1.807) is 0 Å². The van der Waals surface area contributed by atoms with Gasteiger partial charge >= 0.3 is 0 Å². The SMILES string of the molecule is Cc1noc(C)c1CN1CC[C@@]12CCCN(C(=O)CCc1ccc(Cl)cc1)C2. The van der Waals surface area contributed by atoms with Crippen LogP contribution in [0.3, 0.4) is 0 Å². The molecule has 0 radical (unpaired) electrons. The van der Waals surface area contributed by atoms with Crippen LogP contribution in [-0.2, 0) is 17.8 Å². The number of piperidine rings is 1. The summed E-state index contributed by atoms with van der Waals surface area (Å²) in [6, 6.07) is 7.78. The van der Waals surface area contributed by atoms with Crippen LogP contribution in [0.25, 0.3) is 0 Å². The number of carbonyl (C=O) groups is 1. The Morgan fingerprint density at radius 1 is 1.21 bits per heavy atom. The van der Waals surface area contributed by atoms with E-state index in [0.717, 1.165) is 73.9 Å². The third kappa shape index (κ3) is 3.83. The normalized spacial score (nSPS) is 22.5. The molecule has 2 aliphatic rings. The lowest BCUT2D eigenvalue weighted by Crippen LogP contribution is -2.67. The number of halogens is 1. The Kier molecular flexibility index (Phi) is 5.48. The second-order valence-corrected chi connectivity index (χ2v) is 8.68. The van der Waals surface area contributed by atoms with Crippen molar-refractivity contribution in [3.05, 3.63) is 51.9 Å². The van der Waals surface area contributed by atoms with Crippen LogP contribution in [0.15, 0.2) is 28.8 Å². The predicted octanol–water partition coefficient (Wildman–Crippen LogP) is 4.14. The van der Waals surface area contributed by atoms with E-state index in [0.29, 0.717) is 6.42 Å². The summed E-state index contributed by atoms with van der Waals surface area (Å²) in [7, 11) is 0. The molecule has 2 fully saturated rings. The number of rotatable bonds is 5. The fourth-order valence-corrected chi connectivity index (χ4v) is 4.73. The van der Waals surface area contributed by atoms with Crippen molar-refractivity contribution in [1.82, 2.24) is 15.0 Å².